The van der Waals surface area contributed by atoms with Crippen molar-refractivity contribution in [1.29, 1.82) is 0 Å². The first-order valence-electron chi connectivity index (χ1n) is 6.18. The summed E-state index contributed by atoms with van der Waals surface area (Å²) in [5, 5.41) is 13.5. The van der Waals surface area contributed by atoms with Gasteiger partial charge in [0.15, 0.2) is 0 Å². The molecule has 0 aromatic carbocycles. The number of hydrogen-bond acceptors (Lipinski definition) is 4. The number of carboxylic acids is 1. The quantitative estimate of drug-likeness (QED) is 0.838. The Labute approximate surface area is 115 Å². The Kier molecular flexibility index (Phi) is 4.09. The number of carbonyl (C=O) groups is 2. The third-order valence-electron chi connectivity index (χ3n) is 3.62. The Morgan fingerprint density at radius 1 is 1.53 bits per heavy atom. The first kappa shape index (κ1) is 13.9. The number of carboxylic acid groups (broad SMARTS) is 1. The number of ether oxygens (including phenoxy) is 1. The molecule has 0 radical (unpaired) electrons. The number of aliphatic carboxylic acids is 1. The molecule has 19 heavy (non-hydrogen) atoms. The van der Waals surface area contributed by atoms with Crippen molar-refractivity contribution in [2.24, 2.45) is 5.41 Å². The molecule has 104 valence electrons. The molecule has 0 aliphatic heterocycles. The molecule has 1 amide bonds. The average molecular weight is 283 g/mol. The van der Waals surface area contributed by atoms with Crippen molar-refractivity contribution in [2.75, 3.05) is 13.7 Å². The maximum absolute atomic E-state index is 12.0. The Morgan fingerprint density at radius 3 is 2.79 bits per heavy atom. The number of amides is 1. The van der Waals surface area contributed by atoms with Crippen molar-refractivity contribution < 1.29 is 19.4 Å². The minimum absolute atomic E-state index is 0.120. The van der Waals surface area contributed by atoms with Gasteiger partial charge in [-0.05, 0) is 29.7 Å². The first-order valence-corrected chi connectivity index (χ1v) is 7.06. The smallest absolute Gasteiger partial charge is 0.303 e. The van der Waals surface area contributed by atoms with Crippen molar-refractivity contribution in [3.05, 3.63) is 16.3 Å². The average Bonchev–Trinajstić information content (AvgIpc) is 2.79. The predicted molar refractivity (Wildman–Crippen MR) is 71.7 cm³/mol. The Morgan fingerprint density at radius 2 is 2.26 bits per heavy atom. The highest BCUT2D eigenvalue weighted by molar-refractivity contribution is 7.12. The van der Waals surface area contributed by atoms with Crippen LogP contribution >= 0.6 is 11.3 Å². The van der Waals surface area contributed by atoms with E-state index in [-0.39, 0.29) is 17.7 Å². The molecule has 1 fully saturated rings. The SMILES string of the molecule is COc1ccsc1C(=O)NCC1(CC(=O)O)CCC1. The van der Waals surface area contributed by atoms with Gasteiger partial charge in [0.2, 0.25) is 0 Å². The van der Waals surface area contributed by atoms with Gasteiger partial charge in [0, 0.05) is 6.54 Å². The van der Waals surface area contributed by atoms with Gasteiger partial charge in [0.05, 0.1) is 13.5 Å². The number of thiophene rings is 1. The molecule has 1 saturated carbocycles. The van der Waals surface area contributed by atoms with Crippen LogP contribution in [0.15, 0.2) is 11.4 Å². The lowest BCUT2D eigenvalue weighted by atomic mass is 9.66. The summed E-state index contributed by atoms with van der Waals surface area (Å²) in [7, 11) is 1.52. The Balaban J connectivity index is 1.94. The lowest BCUT2D eigenvalue weighted by molar-refractivity contribution is -0.141. The molecule has 0 bridgehead atoms. The fraction of sp³-hybridized carbons (Fsp3) is 0.538. The third kappa shape index (κ3) is 3.07. The summed E-state index contributed by atoms with van der Waals surface area (Å²) in [4.78, 5) is 23.4. The van der Waals surface area contributed by atoms with Crippen molar-refractivity contribution in [1.82, 2.24) is 5.32 Å². The molecule has 0 saturated heterocycles. The van der Waals surface area contributed by atoms with Gasteiger partial charge in [-0.3, -0.25) is 9.59 Å². The van der Waals surface area contributed by atoms with Gasteiger partial charge in [-0.2, -0.15) is 0 Å². The van der Waals surface area contributed by atoms with Gasteiger partial charge in [0.25, 0.3) is 5.91 Å². The molecule has 1 aromatic rings. The molecule has 1 aliphatic carbocycles. The Hall–Kier alpha value is -1.56. The molecular weight excluding hydrogens is 266 g/mol. The maximum atomic E-state index is 12.0. The van der Waals surface area contributed by atoms with Gasteiger partial charge in [-0.25, -0.2) is 0 Å². The lowest BCUT2D eigenvalue weighted by Gasteiger charge is -2.40. The van der Waals surface area contributed by atoms with E-state index in [2.05, 4.69) is 5.32 Å². The van der Waals surface area contributed by atoms with Crippen LogP contribution in [0.5, 0.6) is 5.75 Å². The summed E-state index contributed by atoms with van der Waals surface area (Å²) in [5.41, 5.74) is -0.258. The maximum Gasteiger partial charge on any atom is 0.303 e. The third-order valence-corrected chi connectivity index (χ3v) is 4.51. The summed E-state index contributed by atoms with van der Waals surface area (Å²) in [6, 6.07) is 1.75. The Bertz CT molecular complexity index is 479. The van der Waals surface area contributed by atoms with Crippen LogP contribution < -0.4 is 10.1 Å². The monoisotopic (exact) mass is 283 g/mol. The van der Waals surface area contributed by atoms with E-state index in [0.29, 0.717) is 17.2 Å². The summed E-state index contributed by atoms with van der Waals surface area (Å²) in [6.07, 6.45) is 2.88. The van der Waals surface area contributed by atoms with Gasteiger partial charge >= 0.3 is 5.97 Å². The van der Waals surface area contributed by atoms with Crippen LogP contribution in [0.3, 0.4) is 0 Å². The van der Waals surface area contributed by atoms with E-state index in [1.54, 1.807) is 11.4 Å². The van der Waals surface area contributed by atoms with E-state index in [0.717, 1.165) is 19.3 Å². The van der Waals surface area contributed by atoms with Crippen LogP contribution in [-0.2, 0) is 4.79 Å². The number of carbonyl (C=O) groups excluding carboxylic acids is 1. The molecular formula is C13H17NO4S. The second-order valence-corrected chi connectivity index (χ2v) is 5.84. The zero-order valence-electron chi connectivity index (χ0n) is 10.8. The van der Waals surface area contributed by atoms with Crippen LogP contribution in [0, 0.1) is 5.41 Å². The molecule has 1 heterocycles. The molecule has 6 heteroatoms. The van der Waals surface area contributed by atoms with Gasteiger partial charge in [-0.1, -0.05) is 6.42 Å². The van der Waals surface area contributed by atoms with E-state index in [1.807, 2.05) is 0 Å². The van der Waals surface area contributed by atoms with Crippen molar-refractivity contribution in [3.8, 4) is 5.75 Å². The molecule has 2 rings (SSSR count). The fourth-order valence-electron chi connectivity index (χ4n) is 2.39. The minimum Gasteiger partial charge on any atom is -0.495 e. The van der Waals surface area contributed by atoms with Gasteiger partial charge in [-0.15, -0.1) is 11.3 Å². The van der Waals surface area contributed by atoms with Crippen LogP contribution in [0.25, 0.3) is 0 Å². The van der Waals surface area contributed by atoms with Crippen molar-refractivity contribution in [3.63, 3.8) is 0 Å². The highest BCUT2D eigenvalue weighted by Gasteiger charge is 2.39. The highest BCUT2D eigenvalue weighted by atomic mass is 32.1. The zero-order chi connectivity index (χ0) is 13.9. The van der Waals surface area contributed by atoms with E-state index in [1.165, 1.54) is 18.4 Å². The van der Waals surface area contributed by atoms with Crippen molar-refractivity contribution >= 4 is 23.2 Å². The normalized spacial score (nSPS) is 16.5. The minimum atomic E-state index is -0.803. The summed E-state index contributed by atoms with van der Waals surface area (Å²) < 4.78 is 5.10. The van der Waals surface area contributed by atoms with Crippen LogP contribution in [0.4, 0.5) is 0 Å². The molecule has 0 spiro atoms. The van der Waals surface area contributed by atoms with Crippen molar-refractivity contribution in [2.45, 2.75) is 25.7 Å². The molecule has 0 unspecified atom stereocenters. The lowest BCUT2D eigenvalue weighted by Crippen LogP contribution is -2.43. The van der Waals surface area contributed by atoms with E-state index in [4.69, 9.17) is 9.84 Å². The number of methoxy groups -OCH3 is 1. The largest absolute Gasteiger partial charge is 0.495 e. The second kappa shape index (κ2) is 5.61. The second-order valence-electron chi connectivity index (χ2n) is 4.92. The number of nitrogens with one attached hydrogen (secondary N) is 1. The molecule has 2 N–H and O–H groups in total. The van der Waals surface area contributed by atoms with Crippen LogP contribution in [0.1, 0.15) is 35.4 Å². The van der Waals surface area contributed by atoms with Crippen LogP contribution in [0.2, 0.25) is 0 Å². The molecule has 1 aromatic heterocycles. The summed E-state index contributed by atoms with van der Waals surface area (Å²) >= 11 is 1.32. The molecule has 0 atom stereocenters. The number of hydrogen-bond donors (Lipinski definition) is 2. The van der Waals surface area contributed by atoms with Gasteiger partial charge in [0.1, 0.15) is 10.6 Å². The topological polar surface area (TPSA) is 75.6 Å². The number of rotatable bonds is 6. The van der Waals surface area contributed by atoms with E-state index >= 15 is 0 Å². The summed E-state index contributed by atoms with van der Waals surface area (Å²) in [5.74, 6) is -0.436. The molecule has 1 aliphatic rings. The fourth-order valence-corrected chi connectivity index (χ4v) is 3.16. The zero-order valence-corrected chi connectivity index (χ0v) is 11.6. The van der Waals surface area contributed by atoms with Crippen LogP contribution in [-0.4, -0.2) is 30.6 Å². The predicted octanol–water partition coefficient (Wildman–Crippen LogP) is 2.13. The summed E-state index contributed by atoms with van der Waals surface area (Å²) in [6.45, 7) is 0.416. The molecule has 5 nitrogen and oxygen atoms in total. The van der Waals surface area contributed by atoms with Gasteiger partial charge < -0.3 is 15.2 Å². The first-order chi connectivity index (χ1) is 9.06. The highest BCUT2D eigenvalue weighted by Crippen LogP contribution is 2.43. The standard InChI is InChI=1S/C13H17NO4S/c1-18-9-3-6-19-11(9)12(17)14-8-13(4-2-5-13)7-10(15)16/h3,6H,2,4-5,7-8H2,1H3,(H,14,17)(H,15,16). The van der Waals surface area contributed by atoms with E-state index < -0.39 is 5.97 Å². The van der Waals surface area contributed by atoms with E-state index in [9.17, 15) is 9.59 Å².